The molecule has 2 aromatic heterocycles. The number of amides is 1. The summed E-state index contributed by atoms with van der Waals surface area (Å²) in [6.45, 7) is 0. The first-order valence-electron chi connectivity index (χ1n) is 5.52. The van der Waals surface area contributed by atoms with Crippen molar-refractivity contribution in [1.29, 1.82) is 0 Å². The van der Waals surface area contributed by atoms with Gasteiger partial charge in [0.15, 0.2) is 5.84 Å². The molecule has 0 aromatic carbocycles. The van der Waals surface area contributed by atoms with Crippen LogP contribution in [-0.2, 0) is 7.05 Å². The largest absolute Gasteiger partial charge is 0.409 e. The summed E-state index contributed by atoms with van der Waals surface area (Å²) in [4.78, 5) is 23.4. The number of nitrogens with zero attached hydrogens (tertiary/aromatic N) is 3. The Morgan fingerprint density at radius 2 is 2.35 bits per heavy atom. The molecular formula is C11H12N6O3. The van der Waals surface area contributed by atoms with Crippen LogP contribution in [0.5, 0.6) is 0 Å². The molecule has 9 heteroatoms. The molecule has 0 unspecified atom stereocenters. The second-order valence-electron chi connectivity index (χ2n) is 3.96. The topological polar surface area (TPSA) is 138 Å². The summed E-state index contributed by atoms with van der Waals surface area (Å²) in [6.07, 6.45) is 2.78. The molecule has 0 aliphatic rings. The van der Waals surface area contributed by atoms with E-state index in [2.05, 4.69) is 20.7 Å². The Morgan fingerprint density at radius 1 is 1.60 bits per heavy atom. The highest BCUT2D eigenvalue weighted by molar-refractivity contribution is 6.08. The molecule has 0 aliphatic heterocycles. The Hall–Kier alpha value is -3.10. The molecular weight excluding hydrogens is 264 g/mol. The summed E-state index contributed by atoms with van der Waals surface area (Å²) in [5.41, 5.74) is 5.56. The van der Waals surface area contributed by atoms with Gasteiger partial charge in [-0.3, -0.25) is 14.7 Å². The van der Waals surface area contributed by atoms with Crippen molar-refractivity contribution in [1.82, 2.24) is 14.8 Å². The standard InChI is InChI=1S/C11H12N6O3/c1-17-3-2-6(4-8(17)18)11(19)14-10-7(5-13-15-10)9(12)16-20/h2-5,20H,1H3,(H2,12,16)(H2,13,14,15,19). The highest BCUT2D eigenvalue weighted by Crippen LogP contribution is 2.11. The minimum Gasteiger partial charge on any atom is -0.409 e. The lowest BCUT2D eigenvalue weighted by atomic mass is 10.2. The van der Waals surface area contributed by atoms with Crippen molar-refractivity contribution in [3.63, 3.8) is 0 Å². The van der Waals surface area contributed by atoms with Crippen LogP contribution in [0.1, 0.15) is 15.9 Å². The quantitative estimate of drug-likeness (QED) is 0.258. The minimum atomic E-state index is -0.515. The Kier molecular flexibility index (Phi) is 3.51. The van der Waals surface area contributed by atoms with Crippen molar-refractivity contribution >= 4 is 17.6 Å². The maximum atomic E-state index is 12.0. The number of H-pyrrole nitrogens is 1. The van der Waals surface area contributed by atoms with Crippen LogP contribution < -0.4 is 16.6 Å². The van der Waals surface area contributed by atoms with Gasteiger partial charge in [-0.2, -0.15) is 5.10 Å². The number of aryl methyl sites for hydroxylation is 1. The lowest BCUT2D eigenvalue weighted by Gasteiger charge is -2.05. The number of aromatic nitrogens is 3. The molecule has 0 spiro atoms. The summed E-state index contributed by atoms with van der Waals surface area (Å²) in [5, 5.41) is 20.1. The third-order valence-corrected chi connectivity index (χ3v) is 2.63. The monoisotopic (exact) mass is 276 g/mol. The average Bonchev–Trinajstić information content (AvgIpc) is 2.89. The number of pyridine rings is 1. The minimum absolute atomic E-state index is 0.172. The first-order valence-corrected chi connectivity index (χ1v) is 5.52. The smallest absolute Gasteiger partial charge is 0.257 e. The molecule has 104 valence electrons. The summed E-state index contributed by atoms with van der Waals surface area (Å²) < 4.78 is 1.34. The lowest BCUT2D eigenvalue weighted by Crippen LogP contribution is -2.21. The molecule has 0 bridgehead atoms. The molecule has 0 atom stereocenters. The van der Waals surface area contributed by atoms with E-state index in [1.165, 1.54) is 29.1 Å². The van der Waals surface area contributed by atoms with Crippen molar-refractivity contribution in [2.75, 3.05) is 5.32 Å². The van der Waals surface area contributed by atoms with Gasteiger partial charge >= 0.3 is 0 Å². The molecule has 2 rings (SSSR count). The van der Waals surface area contributed by atoms with Crippen molar-refractivity contribution in [3.8, 4) is 0 Å². The molecule has 1 amide bonds. The number of amidine groups is 1. The molecule has 0 aliphatic carbocycles. The fraction of sp³-hybridized carbons (Fsp3) is 0.0909. The van der Waals surface area contributed by atoms with E-state index in [1.807, 2.05) is 0 Å². The Bertz CT molecular complexity index is 730. The van der Waals surface area contributed by atoms with E-state index in [1.54, 1.807) is 7.05 Å². The predicted octanol–water partition coefficient (Wildman–Crippen LogP) is -0.545. The van der Waals surface area contributed by atoms with Crippen LogP contribution in [0.2, 0.25) is 0 Å². The van der Waals surface area contributed by atoms with Crippen LogP contribution in [0.4, 0.5) is 5.82 Å². The van der Waals surface area contributed by atoms with Crippen LogP contribution in [-0.4, -0.2) is 31.7 Å². The van der Waals surface area contributed by atoms with Crippen molar-refractivity contribution in [3.05, 3.63) is 46.0 Å². The zero-order chi connectivity index (χ0) is 14.7. The molecule has 0 saturated heterocycles. The van der Waals surface area contributed by atoms with E-state index in [9.17, 15) is 9.59 Å². The first-order chi connectivity index (χ1) is 9.52. The SMILES string of the molecule is Cn1ccc(C(=O)Nc2[nH]ncc2/C(N)=N/O)cc1=O. The number of carbonyl (C=O) groups excluding carboxylic acids is 1. The number of nitrogens with two attached hydrogens (primary N) is 1. The Labute approximate surface area is 112 Å². The van der Waals surface area contributed by atoms with Crippen molar-refractivity contribution in [2.45, 2.75) is 0 Å². The third-order valence-electron chi connectivity index (χ3n) is 2.63. The third kappa shape index (κ3) is 2.51. The number of nitrogens with one attached hydrogen (secondary N) is 2. The lowest BCUT2D eigenvalue weighted by molar-refractivity contribution is 0.102. The van der Waals surface area contributed by atoms with Crippen LogP contribution in [0.3, 0.4) is 0 Å². The average molecular weight is 276 g/mol. The van der Waals surface area contributed by atoms with E-state index < -0.39 is 5.91 Å². The van der Waals surface area contributed by atoms with Gasteiger partial charge in [0.2, 0.25) is 0 Å². The van der Waals surface area contributed by atoms with Crippen LogP contribution in [0.25, 0.3) is 0 Å². The zero-order valence-corrected chi connectivity index (χ0v) is 10.5. The van der Waals surface area contributed by atoms with Gasteiger partial charge in [-0.15, -0.1) is 0 Å². The van der Waals surface area contributed by atoms with Gasteiger partial charge in [0, 0.05) is 24.9 Å². The normalized spacial score (nSPS) is 11.3. The summed E-state index contributed by atoms with van der Waals surface area (Å²) in [6, 6.07) is 2.70. The number of oxime groups is 1. The number of carbonyl (C=O) groups is 1. The van der Waals surface area contributed by atoms with Crippen LogP contribution in [0.15, 0.2) is 34.5 Å². The fourth-order valence-electron chi connectivity index (χ4n) is 1.50. The van der Waals surface area contributed by atoms with E-state index in [0.717, 1.165) is 0 Å². The second kappa shape index (κ2) is 5.26. The molecule has 0 radical (unpaired) electrons. The molecule has 2 heterocycles. The van der Waals surface area contributed by atoms with Gasteiger partial charge in [0.1, 0.15) is 5.82 Å². The first kappa shape index (κ1) is 13.3. The van der Waals surface area contributed by atoms with Gasteiger partial charge in [-0.25, -0.2) is 0 Å². The number of rotatable bonds is 3. The number of hydrogen-bond donors (Lipinski definition) is 4. The van der Waals surface area contributed by atoms with Gasteiger partial charge in [-0.1, -0.05) is 5.16 Å². The van der Waals surface area contributed by atoms with Gasteiger partial charge in [-0.05, 0) is 6.07 Å². The summed E-state index contributed by atoms with van der Waals surface area (Å²) >= 11 is 0. The fourth-order valence-corrected chi connectivity index (χ4v) is 1.50. The summed E-state index contributed by atoms with van der Waals surface area (Å²) in [5.74, 6) is -0.539. The van der Waals surface area contributed by atoms with E-state index in [0.29, 0.717) is 0 Å². The highest BCUT2D eigenvalue weighted by atomic mass is 16.4. The van der Waals surface area contributed by atoms with Crippen molar-refractivity contribution < 1.29 is 10.0 Å². The Balaban J connectivity index is 2.26. The molecule has 5 N–H and O–H groups in total. The van der Waals surface area contributed by atoms with E-state index in [4.69, 9.17) is 10.9 Å². The van der Waals surface area contributed by atoms with Gasteiger partial charge in [0.25, 0.3) is 11.5 Å². The number of aromatic amines is 1. The maximum absolute atomic E-state index is 12.0. The summed E-state index contributed by atoms with van der Waals surface area (Å²) in [7, 11) is 1.58. The molecule has 0 saturated carbocycles. The molecule has 0 fully saturated rings. The molecule has 9 nitrogen and oxygen atoms in total. The number of anilines is 1. The Morgan fingerprint density at radius 3 is 3.00 bits per heavy atom. The number of hydrogen-bond acceptors (Lipinski definition) is 5. The maximum Gasteiger partial charge on any atom is 0.257 e. The van der Waals surface area contributed by atoms with E-state index >= 15 is 0 Å². The highest BCUT2D eigenvalue weighted by Gasteiger charge is 2.14. The molecule has 20 heavy (non-hydrogen) atoms. The van der Waals surface area contributed by atoms with Gasteiger partial charge in [0.05, 0.1) is 11.8 Å². The molecule has 2 aromatic rings. The second-order valence-corrected chi connectivity index (χ2v) is 3.96. The van der Waals surface area contributed by atoms with Crippen LogP contribution in [0, 0.1) is 0 Å². The zero-order valence-electron chi connectivity index (χ0n) is 10.5. The van der Waals surface area contributed by atoms with Crippen LogP contribution >= 0.6 is 0 Å². The predicted molar refractivity (Wildman–Crippen MR) is 70.7 cm³/mol. The van der Waals surface area contributed by atoms with E-state index in [-0.39, 0.29) is 28.3 Å². The van der Waals surface area contributed by atoms with Crippen molar-refractivity contribution in [2.24, 2.45) is 17.9 Å². The van der Waals surface area contributed by atoms with Gasteiger partial charge < -0.3 is 20.8 Å².